The summed E-state index contributed by atoms with van der Waals surface area (Å²) in [6, 6.07) is 15.5. The highest BCUT2D eigenvalue weighted by Crippen LogP contribution is 2.28. The van der Waals surface area contributed by atoms with E-state index in [1.165, 1.54) is 0 Å². The van der Waals surface area contributed by atoms with Crippen LogP contribution >= 0.6 is 0 Å². The molecular weight excluding hydrogens is 354 g/mol. The van der Waals surface area contributed by atoms with Gasteiger partial charge in [-0.1, -0.05) is 24.3 Å². The Morgan fingerprint density at radius 2 is 1.93 bits per heavy atom. The van der Waals surface area contributed by atoms with Crippen molar-refractivity contribution in [1.29, 1.82) is 0 Å². The number of pyridine rings is 1. The van der Waals surface area contributed by atoms with E-state index < -0.39 is 0 Å². The molecule has 0 spiro atoms. The van der Waals surface area contributed by atoms with Crippen molar-refractivity contribution in [3.8, 4) is 11.6 Å². The molecule has 4 heterocycles. The molecule has 0 fully saturated rings. The molecule has 8 heteroatoms. The summed E-state index contributed by atoms with van der Waals surface area (Å²) in [4.78, 5) is 13.6. The smallest absolute Gasteiger partial charge is 0.188 e. The van der Waals surface area contributed by atoms with E-state index in [1.54, 1.807) is 12.5 Å². The number of para-hydroxylation sites is 1. The van der Waals surface area contributed by atoms with E-state index in [9.17, 15) is 0 Å². The lowest BCUT2D eigenvalue weighted by Gasteiger charge is -2.21. The first-order valence-electron chi connectivity index (χ1n) is 9.28. The lowest BCUT2D eigenvalue weighted by atomic mass is 9.97. The molecule has 1 unspecified atom stereocenters. The van der Waals surface area contributed by atoms with E-state index in [-0.39, 0.29) is 5.92 Å². The zero-order chi connectivity index (χ0) is 18.8. The van der Waals surface area contributed by atoms with Crippen molar-refractivity contribution in [3.63, 3.8) is 0 Å². The average molecular weight is 373 g/mol. The molecule has 28 heavy (non-hydrogen) atoms. The van der Waals surface area contributed by atoms with Gasteiger partial charge in [-0.05, 0) is 30.7 Å². The Morgan fingerprint density at radius 1 is 1.04 bits per heavy atom. The van der Waals surface area contributed by atoms with E-state index in [4.69, 9.17) is 9.72 Å². The number of aromatic nitrogens is 7. The number of hydrogen-bond acceptors (Lipinski definition) is 6. The number of rotatable bonds is 5. The maximum absolute atomic E-state index is 5.84. The van der Waals surface area contributed by atoms with Crippen LogP contribution in [0.4, 0.5) is 0 Å². The number of fused-ring (bicyclic) bond motifs is 1. The number of nitrogens with zero attached hydrogens (tertiary/aromatic N) is 7. The molecule has 1 aliphatic heterocycles. The lowest BCUT2D eigenvalue weighted by molar-refractivity contribution is 0.295. The van der Waals surface area contributed by atoms with Gasteiger partial charge in [-0.3, -0.25) is 4.68 Å². The van der Waals surface area contributed by atoms with Crippen LogP contribution in [0.5, 0.6) is 5.75 Å². The number of benzene rings is 1. The average Bonchev–Trinajstić information content (AvgIpc) is 3.40. The van der Waals surface area contributed by atoms with Crippen LogP contribution in [0, 0.1) is 0 Å². The van der Waals surface area contributed by atoms with Gasteiger partial charge in [0.25, 0.3) is 0 Å². The first-order valence-corrected chi connectivity index (χ1v) is 9.28. The van der Waals surface area contributed by atoms with Crippen LogP contribution in [0.25, 0.3) is 5.82 Å². The van der Waals surface area contributed by atoms with E-state index in [2.05, 4.69) is 20.2 Å². The second kappa shape index (κ2) is 7.22. The third-order valence-corrected chi connectivity index (χ3v) is 4.83. The van der Waals surface area contributed by atoms with Crippen LogP contribution in [-0.4, -0.2) is 34.5 Å². The molecule has 0 bridgehead atoms. The summed E-state index contributed by atoms with van der Waals surface area (Å²) in [7, 11) is 0. The minimum Gasteiger partial charge on any atom is -0.486 e. The molecule has 4 aromatic rings. The standard InChI is InChI=1S/C20H19N7O/c1-2-6-16(7-3-1)28-13-17-24-20(27(25-17)18-8-4-5-10-21-18)15-9-11-26-19(12-15)22-14-23-26/h1-8,10,14-15H,9,11-13H2. The minimum absolute atomic E-state index is 0.205. The zero-order valence-corrected chi connectivity index (χ0v) is 15.2. The van der Waals surface area contributed by atoms with Crippen molar-refractivity contribution < 1.29 is 4.74 Å². The predicted molar refractivity (Wildman–Crippen MR) is 101 cm³/mol. The maximum Gasteiger partial charge on any atom is 0.188 e. The Morgan fingerprint density at radius 3 is 2.79 bits per heavy atom. The van der Waals surface area contributed by atoms with Crippen molar-refractivity contribution in [2.24, 2.45) is 0 Å². The SMILES string of the molecule is c1ccc(OCc2nc(C3CCn4ncnc4C3)n(-c3ccccn3)n2)cc1. The van der Waals surface area contributed by atoms with Gasteiger partial charge in [0.15, 0.2) is 11.6 Å². The summed E-state index contributed by atoms with van der Waals surface area (Å²) < 4.78 is 9.63. The molecule has 140 valence electrons. The van der Waals surface area contributed by atoms with Crippen LogP contribution < -0.4 is 4.74 Å². The number of aryl methyl sites for hydroxylation is 1. The molecule has 0 saturated heterocycles. The first kappa shape index (κ1) is 16.6. The van der Waals surface area contributed by atoms with Crippen molar-refractivity contribution >= 4 is 0 Å². The summed E-state index contributed by atoms with van der Waals surface area (Å²) in [6.45, 7) is 1.13. The molecule has 8 nitrogen and oxygen atoms in total. The van der Waals surface area contributed by atoms with Gasteiger partial charge < -0.3 is 4.74 Å². The number of ether oxygens (including phenoxy) is 1. The normalized spacial score (nSPS) is 15.9. The summed E-state index contributed by atoms with van der Waals surface area (Å²) >= 11 is 0. The molecule has 0 amide bonds. The first-order chi connectivity index (χ1) is 13.9. The van der Waals surface area contributed by atoms with Gasteiger partial charge in [0.05, 0.1) is 0 Å². The minimum atomic E-state index is 0.205. The molecule has 0 radical (unpaired) electrons. The summed E-state index contributed by atoms with van der Waals surface area (Å²) in [6.07, 6.45) is 5.09. The van der Waals surface area contributed by atoms with Crippen LogP contribution in [0.15, 0.2) is 61.1 Å². The summed E-state index contributed by atoms with van der Waals surface area (Å²) in [5.41, 5.74) is 0. The fourth-order valence-corrected chi connectivity index (χ4v) is 3.46. The molecule has 1 aliphatic rings. The lowest BCUT2D eigenvalue weighted by Crippen LogP contribution is -2.22. The van der Waals surface area contributed by atoms with Gasteiger partial charge in [-0.2, -0.15) is 9.78 Å². The van der Waals surface area contributed by atoms with E-state index in [1.807, 2.05) is 57.9 Å². The molecule has 3 aromatic heterocycles. The third-order valence-electron chi connectivity index (χ3n) is 4.83. The Labute approximate surface area is 161 Å². The maximum atomic E-state index is 5.84. The topological polar surface area (TPSA) is 83.5 Å². The van der Waals surface area contributed by atoms with Gasteiger partial charge in [-0.15, -0.1) is 5.10 Å². The fraction of sp³-hybridized carbons (Fsp3) is 0.250. The zero-order valence-electron chi connectivity index (χ0n) is 15.2. The van der Waals surface area contributed by atoms with Crippen molar-refractivity contribution in [1.82, 2.24) is 34.5 Å². The van der Waals surface area contributed by atoms with Gasteiger partial charge in [0, 0.05) is 25.1 Å². The molecule has 0 N–H and O–H groups in total. The fourth-order valence-electron chi connectivity index (χ4n) is 3.46. The van der Waals surface area contributed by atoms with Crippen molar-refractivity contribution in [3.05, 3.63) is 78.5 Å². The Hall–Kier alpha value is -3.55. The predicted octanol–water partition coefficient (Wildman–Crippen LogP) is 2.56. The Balaban J connectivity index is 1.45. The van der Waals surface area contributed by atoms with E-state index in [0.29, 0.717) is 12.4 Å². The highest BCUT2D eigenvalue weighted by atomic mass is 16.5. The van der Waals surface area contributed by atoms with E-state index >= 15 is 0 Å². The molecule has 1 atom stereocenters. The van der Waals surface area contributed by atoms with E-state index in [0.717, 1.165) is 42.6 Å². The number of hydrogen-bond donors (Lipinski definition) is 0. The van der Waals surface area contributed by atoms with Crippen LogP contribution in [0.1, 0.15) is 29.8 Å². The van der Waals surface area contributed by atoms with Crippen molar-refractivity contribution in [2.45, 2.75) is 31.9 Å². The van der Waals surface area contributed by atoms with Gasteiger partial charge in [-0.25, -0.2) is 15.0 Å². The highest BCUT2D eigenvalue weighted by Gasteiger charge is 2.27. The van der Waals surface area contributed by atoms with Gasteiger partial charge in [0.2, 0.25) is 0 Å². The summed E-state index contributed by atoms with van der Waals surface area (Å²) in [5.74, 6) is 4.26. The summed E-state index contributed by atoms with van der Waals surface area (Å²) in [5, 5.41) is 8.95. The highest BCUT2D eigenvalue weighted by molar-refractivity contribution is 5.25. The second-order valence-corrected chi connectivity index (χ2v) is 6.68. The van der Waals surface area contributed by atoms with Crippen LogP contribution in [-0.2, 0) is 19.6 Å². The third kappa shape index (κ3) is 3.24. The van der Waals surface area contributed by atoms with Gasteiger partial charge in [0.1, 0.15) is 30.3 Å². The molecule has 1 aromatic carbocycles. The largest absolute Gasteiger partial charge is 0.486 e. The quantitative estimate of drug-likeness (QED) is 0.535. The monoisotopic (exact) mass is 373 g/mol. The van der Waals surface area contributed by atoms with Crippen molar-refractivity contribution in [2.75, 3.05) is 0 Å². The molecule has 0 aliphatic carbocycles. The molecule has 0 saturated carbocycles. The molecule has 5 rings (SSSR count). The van der Waals surface area contributed by atoms with Gasteiger partial charge >= 0.3 is 0 Å². The van der Waals surface area contributed by atoms with Crippen LogP contribution in [0.3, 0.4) is 0 Å². The Kier molecular flexibility index (Phi) is 4.29. The second-order valence-electron chi connectivity index (χ2n) is 6.68. The Bertz CT molecular complexity index is 1060. The van der Waals surface area contributed by atoms with Crippen LogP contribution in [0.2, 0.25) is 0 Å². The molecular formula is C20H19N7O.